The van der Waals surface area contributed by atoms with E-state index in [1.165, 1.54) is 6.07 Å². The summed E-state index contributed by atoms with van der Waals surface area (Å²) >= 11 is 0. The van der Waals surface area contributed by atoms with Crippen LogP contribution in [0.4, 0.5) is 17.1 Å². The van der Waals surface area contributed by atoms with Crippen molar-refractivity contribution in [3.8, 4) is 0 Å². The number of ether oxygens (including phenoxy) is 1. The van der Waals surface area contributed by atoms with E-state index in [0.717, 1.165) is 35.5 Å². The van der Waals surface area contributed by atoms with Gasteiger partial charge in [0.15, 0.2) is 0 Å². The molecule has 1 amide bonds. The van der Waals surface area contributed by atoms with Gasteiger partial charge in [0.05, 0.1) is 24.7 Å². The van der Waals surface area contributed by atoms with Gasteiger partial charge < -0.3 is 15.0 Å². The zero-order valence-corrected chi connectivity index (χ0v) is 17.7. The van der Waals surface area contributed by atoms with Gasteiger partial charge in [-0.1, -0.05) is 18.2 Å². The van der Waals surface area contributed by atoms with Crippen molar-refractivity contribution >= 4 is 23.0 Å². The number of nitro benzene ring substituents is 1. The van der Waals surface area contributed by atoms with Gasteiger partial charge in [-0.25, -0.2) is 0 Å². The van der Waals surface area contributed by atoms with Gasteiger partial charge >= 0.3 is 0 Å². The summed E-state index contributed by atoms with van der Waals surface area (Å²) in [4.78, 5) is 27.6. The van der Waals surface area contributed by atoms with Gasteiger partial charge in [-0.2, -0.15) is 0 Å². The molecule has 0 aromatic heterocycles. The van der Waals surface area contributed by atoms with Gasteiger partial charge in [-0.05, 0) is 49.7 Å². The second-order valence-electron chi connectivity index (χ2n) is 7.66. The van der Waals surface area contributed by atoms with Crippen LogP contribution in [0.25, 0.3) is 0 Å². The highest BCUT2D eigenvalue weighted by Crippen LogP contribution is 2.28. The summed E-state index contributed by atoms with van der Waals surface area (Å²) in [5.41, 5.74) is 4.13. The lowest BCUT2D eigenvalue weighted by Gasteiger charge is -2.31. The Morgan fingerprint density at radius 1 is 1.20 bits per heavy atom. The van der Waals surface area contributed by atoms with Crippen LogP contribution in [0.3, 0.4) is 0 Å². The number of benzene rings is 2. The molecule has 2 aromatic rings. The Kier molecular flexibility index (Phi) is 7.02. The van der Waals surface area contributed by atoms with Crippen LogP contribution in [-0.2, 0) is 16.1 Å². The van der Waals surface area contributed by atoms with Gasteiger partial charge in [0, 0.05) is 31.4 Å². The molecule has 30 heavy (non-hydrogen) atoms. The number of carbonyl (C=O) groups excluding carboxylic acids is 1. The Morgan fingerprint density at radius 3 is 2.57 bits per heavy atom. The molecule has 1 heterocycles. The zero-order valence-electron chi connectivity index (χ0n) is 17.7. The Labute approximate surface area is 176 Å². The molecule has 0 saturated carbocycles. The van der Waals surface area contributed by atoms with Gasteiger partial charge in [-0.15, -0.1) is 0 Å². The molecule has 160 valence electrons. The summed E-state index contributed by atoms with van der Waals surface area (Å²) < 4.78 is 5.44. The number of rotatable bonds is 7. The van der Waals surface area contributed by atoms with E-state index in [1.807, 2.05) is 37.9 Å². The largest absolute Gasteiger partial charge is 0.378 e. The zero-order chi connectivity index (χ0) is 21.7. The smallest absolute Gasteiger partial charge is 0.293 e. The minimum Gasteiger partial charge on any atom is -0.378 e. The fourth-order valence-electron chi connectivity index (χ4n) is 3.59. The van der Waals surface area contributed by atoms with Crippen LogP contribution in [0.2, 0.25) is 0 Å². The first-order chi connectivity index (χ1) is 14.3. The molecule has 3 rings (SSSR count). The molecule has 1 aliphatic heterocycles. The number of hydrogen-bond donors (Lipinski definition) is 1. The number of carbonyl (C=O) groups is 1. The summed E-state index contributed by atoms with van der Waals surface area (Å²) in [6, 6.07) is 11.3. The number of nitro groups is 1. The minimum absolute atomic E-state index is 0.0910. The van der Waals surface area contributed by atoms with Crippen LogP contribution in [-0.4, -0.2) is 55.6 Å². The minimum atomic E-state index is -0.468. The number of likely N-dealkylation sites (N-methyl/N-ethyl adjacent to an activating group) is 1. The lowest BCUT2D eigenvalue weighted by atomic mass is 10.1. The van der Waals surface area contributed by atoms with Gasteiger partial charge in [0.1, 0.15) is 5.69 Å². The molecular weight excluding hydrogens is 384 g/mol. The number of nitrogens with zero attached hydrogens (tertiary/aromatic N) is 3. The monoisotopic (exact) mass is 412 g/mol. The van der Waals surface area contributed by atoms with Crippen LogP contribution in [0.15, 0.2) is 36.4 Å². The second-order valence-corrected chi connectivity index (χ2v) is 7.66. The van der Waals surface area contributed by atoms with Crippen LogP contribution in [0.5, 0.6) is 0 Å². The molecule has 0 bridgehead atoms. The van der Waals surface area contributed by atoms with Crippen molar-refractivity contribution in [1.29, 1.82) is 0 Å². The number of para-hydroxylation sites is 1. The molecule has 1 fully saturated rings. The van der Waals surface area contributed by atoms with Crippen LogP contribution < -0.4 is 10.2 Å². The van der Waals surface area contributed by atoms with Gasteiger partial charge in [0.25, 0.3) is 5.69 Å². The fraction of sp³-hybridized carbons (Fsp3) is 0.409. The van der Waals surface area contributed by atoms with E-state index in [2.05, 4.69) is 22.3 Å². The average Bonchev–Trinajstić information content (AvgIpc) is 2.71. The van der Waals surface area contributed by atoms with Gasteiger partial charge in [0.2, 0.25) is 5.91 Å². The summed E-state index contributed by atoms with van der Waals surface area (Å²) in [5, 5.41) is 14.1. The molecule has 0 radical (unpaired) electrons. The maximum absolute atomic E-state index is 12.6. The average molecular weight is 412 g/mol. The number of amides is 1. The molecule has 8 heteroatoms. The molecule has 0 aliphatic carbocycles. The molecule has 1 aliphatic rings. The van der Waals surface area contributed by atoms with Crippen molar-refractivity contribution in [3.05, 3.63) is 63.2 Å². The first-order valence-corrected chi connectivity index (χ1v) is 10.00. The molecule has 1 N–H and O–H groups in total. The standard InChI is InChI=1S/C22H28N4O4/c1-16-12-19(21(26(28)29)13-17(16)2)23-22(27)15-24(3)14-18-6-4-5-7-20(18)25-8-10-30-11-9-25/h4-7,12-13H,8-11,14-15H2,1-3H3,(H,23,27). The van der Waals surface area contributed by atoms with Crippen molar-refractivity contribution in [2.45, 2.75) is 20.4 Å². The van der Waals surface area contributed by atoms with Crippen LogP contribution >= 0.6 is 0 Å². The maximum atomic E-state index is 12.6. The third kappa shape index (κ3) is 5.34. The van der Waals surface area contributed by atoms with E-state index < -0.39 is 4.92 Å². The van der Waals surface area contributed by atoms with Crippen molar-refractivity contribution < 1.29 is 14.5 Å². The summed E-state index contributed by atoms with van der Waals surface area (Å²) in [6.07, 6.45) is 0. The Bertz CT molecular complexity index is 925. The maximum Gasteiger partial charge on any atom is 0.293 e. The second kappa shape index (κ2) is 9.69. The number of anilines is 2. The lowest BCUT2D eigenvalue weighted by Crippen LogP contribution is -2.37. The van der Waals surface area contributed by atoms with E-state index in [4.69, 9.17) is 4.74 Å². The van der Waals surface area contributed by atoms with Crippen molar-refractivity contribution in [3.63, 3.8) is 0 Å². The highest BCUT2D eigenvalue weighted by molar-refractivity contribution is 5.94. The molecule has 1 saturated heterocycles. The van der Waals surface area contributed by atoms with E-state index >= 15 is 0 Å². The molecule has 0 atom stereocenters. The molecule has 0 spiro atoms. The van der Waals surface area contributed by atoms with Crippen molar-refractivity contribution in [1.82, 2.24) is 4.90 Å². The summed E-state index contributed by atoms with van der Waals surface area (Å²) in [6.45, 7) is 7.51. The van der Waals surface area contributed by atoms with E-state index in [0.29, 0.717) is 19.8 Å². The third-order valence-corrected chi connectivity index (χ3v) is 5.28. The lowest BCUT2D eigenvalue weighted by molar-refractivity contribution is -0.384. The Morgan fingerprint density at radius 2 is 1.87 bits per heavy atom. The van der Waals surface area contributed by atoms with Gasteiger partial charge in [-0.3, -0.25) is 19.8 Å². The quantitative estimate of drug-likeness (QED) is 0.555. The third-order valence-electron chi connectivity index (χ3n) is 5.28. The topological polar surface area (TPSA) is 88.0 Å². The highest BCUT2D eigenvalue weighted by atomic mass is 16.6. The first kappa shape index (κ1) is 21.7. The first-order valence-electron chi connectivity index (χ1n) is 10.00. The Balaban J connectivity index is 1.66. The van der Waals surface area contributed by atoms with E-state index in [1.54, 1.807) is 6.07 Å². The fourth-order valence-corrected chi connectivity index (χ4v) is 3.59. The summed E-state index contributed by atoms with van der Waals surface area (Å²) in [7, 11) is 1.87. The Hall–Kier alpha value is -2.97. The number of morpholine rings is 1. The molecule has 8 nitrogen and oxygen atoms in total. The molecule has 0 unspecified atom stereocenters. The summed E-state index contributed by atoms with van der Waals surface area (Å²) in [5.74, 6) is -0.285. The van der Waals surface area contributed by atoms with E-state index in [9.17, 15) is 14.9 Å². The number of hydrogen-bond acceptors (Lipinski definition) is 6. The van der Waals surface area contributed by atoms with Crippen molar-refractivity contribution in [2.75, 3.05) is 50.1 Å². The molecule has 2 aromatic carbocycles. The van der Waals surface area contributed by atoms with Crippen LogP contribution in [0.1, 0.15) is 16.7 Å². The predicted octanol–water partition coefficient (Wildman–Crippen LogP) is 3.12. The number of nitrogens with one attached hydrogen (secondary N) is 1. The SMILES string of the molecule is Cc1cc(NC(=O)CN(C)Cc2ccccc2N2CCOCC2)c([N+](=O)[O-])cc1C. The van der Waals surface area contributed by atoms with Crippen molar-refractivity contribution in [2.24, 2.45) is 0 Å². The normalized spacial score (nSPS) is 14.1. The van der Waals surface area contributed by atoms with Crippen LogP contribution in [0, 0.1) is 24.0 Å². The van der Waals surface area contributed by atoms with E-state index in [-0.39, 0.29) is 23.8 Å². The molecular formula is C22H28N4O4. The highest BCUT2D eigenvalue weighted by Gasteiger charge is 2.19. The number of aryl methyl sites for hydroxylation is 2. The predicted molar refractivity (Wildman–Crippen MR) is 117 cm³/mol.